The molecule has 0 radical (unpaired) electrons. The number of rotatable bonds is 2. The summed E-state index contributed by atoms with van der Waals surface area (Å²) in [7, 11) is 0. The highest BCUT2D eigenvalue weighted by atomic mass is 16.3. The van der Waals surface area contributed by atoms with E-state index in [4.69, 9.17) is 0 Å². The van der Waals surface area contributed by atoms with Crippen LogP contribution in [0.5, 0.6) is 11.5 Å². The van der Waals surface area contributed by atoms with Crippen molar-refractivity contribution in [1.82, 2.24) is 10.6 Å². The standard InChI is InChI=1S/C12H14N2O4/c15-9-3-7(4-10(16)5-9)12(18)14-8-1-2-11(17)13-6-8/h3-5,8,15-16H,1-2,6H2,(H,13,17)(H,14,18). The fourth-order valence-corrected chi connectivity index (χ4v) is 1.85. The largest absolute Gasteiger partial charge is 0.508 e. The average molecular weight is 250 g/mol. The van der Waals surface area contributed by atoms with Crippen LogP contribution in [0.25, 0.3) is 0 Å². The molecule has 0 saturated carbocycles. The van der Waals surface area contributed by atoms with Crippen molar-refractivity contribution in [3.63, 3.8) is 0 Å². The molecular formula is C12H14N2O4. The monoisotopic (exact) mass is 250 g/mol. The number of hydrogen-bond donors (Lipinski definition) is 4. The third-order valence-corrected chi connectivity index (χ3v) is 2.77. The number of phenols is 2. The van der Waals surface area contributed by atoms with Crippen LogP contribution in [0.4, 0.5) is 0 Å². The second-order valence-electron chi connectivity index (χ2n) is 4.25. The molecule has 1 aliphatic heterocycles. The minimum absolute atomic E-state index is 0.0181. The molecule has 1 aromatic carbocycles. The van der Waals surface area contributed by atoms with Gasteiger partial charge >= 0.3 is 0 Å². The lowest BCUT2D eigenvalue weighted by Crippen LogP contribution is -2.47. The zero-order chi connectivity index (χ0) is 13.1. The summed E-state index contributed by atoms with van der Waals surface area (Å²) in [6, 6.07) is 3.57. The number of hydrogen-bond acceptors (Lipinski definition) is 4. The lowest BCUT2D eigenvalue weighted by Gasteiger charge is -2.23. The van der Waals surface area contributed by atoms with Crippen molar-refractivity contribution in [2.45, 2.75) is 18.9 Å². The van der Waals surface area contributed by atoms with Crippen LogP contribution >= 0.6 is 0 Å². The minimum Gasteiger partial charge on any atom is -0.508 e. The molecule has 1 saturated heterocycles. The highest BCUT2D eigenvalue weighted by molar-refractivity contribution is 5.95. The number of carbonyl (C=O) groups excluding carboxylic acids is 2. The molecule has 2 rings (SSSR count). The molecule has 1 fully saturated rings. The highest BCUT2D eigenvalue weighted by Gasteiger charge is 2.20. The van der Waals surface area contributed by atoms with Crippen LogP contribution in [-0.4, -0.2) is 34.6 Å². The van der Waals surface area contributed by atoms with Gasteiger partial charge in [0.05, 0.1) is 0 Å². The number of benzene rings is 1. The van der Waals surface area contributed by atoms with Gasteiger partial charge in [-0.1, -0.05) is 0 Å². The van der Waals surface area contributed by atoms with Crippen molar-refractivity contribution < 1.29 is 19.8 Å². The zero-order valence-electron chi connectivity index (χ0n) is 9.64. The SMILES string of the molecule is O=C1CCC(NC(=O)c2cc(O)cc(O)c2)CN1. The Kier molecular flexibility index (Phi) is 3.36. The maximum absolute atomic E-state index is 11.9. The van der Waals surface area contributed by atoms with E-state index in [2.05, 4.69) is 10.6 Å². The summed E-state index contributed by atoms with van der Waals surface area (Å²) in [4.78, 5) is 22.8. The number of phenolic OH excluding ortho intramolecular Hbond substituents is 2. The molecule has 18 heavy (non-hydrogen) atoms. The number of aromatic hydroxyl groups is 2. The first kappa shape index (κ1) is 12.2. The molecule has 6 nitrogen and oxygen atoms in total. The van der Waals surface area contributed by atoms with E-state index >= 15 is 0 Å². The summed E-state index contributed by atoms with van der Waals surface area (Å²) in [6.45, 7) is 0.398. The minimum atomic E-state index is -0.387. The summed E-state index contributed by atoms with van der Waals surface area (Å²) < 4.78 is 0. The Labute approximate surface area is 104 Å². The van der Waals surface area contributed by atoms with Gasteiger partial charge in [-0.15, -0.1) is 0 Å². The number of amides is 2. The van der Waals surface area contributed by atoms with Crippen LogP contribution < -0.4 is 10.6 Å². The molecule has 1 heterocycles. The van der Waals surface area contributed by atoms with Gasteiger partial charge < -0.3 is 20.8 Å². The van der Waals surface area contributed by atoms with E-state index in [1.807, 2.05) is 0 Å². The van der Waals surface area contributed by atoms with E-state index in [9.17, 15) is 19.8 Å². The van der Waals surface area contributed by atoms with E-state index in [-0.39, 0.29) is 34.9 Å². The van der Waals surface area contributed by atoms with Crippen molar-refractivity contribution in [2.75, 3.05) is 6.54 Å². The van der Waals surface area contributed by atoms with Crippen LogP contribution in [0, 0.1) is 0 Å². The van der Waals surface area contributed by atoms with Crippen LogP contribution in [0.1, 0.15) is 23.2 Å². The average Bonchev–Trinajstić information content (AvgIpc) is 2.31. The Balaban J connectivity index is 2.01. The van der Waals surface area contributed by atoms with E-state index in [1.165, 1.54) is 12.1 Å². The van der Waals surface area contributed by atoms with Gasteiger partial charge in [0.2, 0.25) is 5.91 Å². The first-order chi connectivity index (χ1) is 8.54. The van der Waals surface area contributed by atoms with E-state index in [1.54, 1.807) is 0 Å². The molecule has 1 atom stereocenters. The smallest absolute Gasteiger partial charge is 0.251 e. The van der Waals surface area contributed by atoms with Crippen molar-refractivity contribution in [3.8, 4) is 11.5 Å². The molecule has 0 spiro atoms. The number of piperidine rings is 1. The molecule has 1 aromatic rings. The van der Waals surface area contributed by atoms with Crippen molar-refractivity contribution in [2.24, 2.45) is 0 Å². The zero-order valence-corrected chi connectivity index (χ0v) is 9.64. The van der Waals surface area contributed by atoms with Gasteiger partial charge in [0.1, 0.15) is 11.5 Å². The normalized spacial score (nSPS) is 19.1. The second-order valence-corrected chi connectivity index (χ2v) is 4.25. The fourth-order valence-electron chi connectivity index (χ4n) is 1.85. The molecule has 1 unspecified atom stereocenters. The van der Waals surface area contributed by atoms with Crippen molar-refractivity contribution in [3.05, 3.63) is 23.8 Å². The van der Waals surface area contributed by atoms with Crippen LogP contribution in [0.15, 0.2) is 18.2 Å². The lowest BCUT2D eigenvalue weighted by molar-refractivity contribution is -0.122. The summed E-state index contributed by atoms with van der Waals surface area (Å²) in [5, 5.41) is 24.0. The first-order valence-corrected chi connectivity index (χ1v) is 5.65. The Morgan fingerprint density at radius 3 is 2.50 bits per heavy atom. The first-order valence-electron chi connectivity index (χ1n) is 5.65. The third-order valence-electron chi connectivity index (χ3n) is 2.77. The maximum atomic E-state index is 11.9. The molecule has 6 heteroatoms. The van der Waals surface area contributed by atoms with Crippen LogP contribution in [0.3, 0.4) is 0 Å². The maximum Gasteiger partial charge on any atom is 0.251 e. The summed E-state index contributed by atoms with van der Waals surface area (Å²) >= 11 is 0. The predicted octanol–water partition coefficient (Wildman–Crippen LogP) is 0.106. The highest BCUT2D eigenvalue weighted by Crippen LogP contribution is 2.20. The van der Waals surface area contributed by atoms with Gasteiger partial charge in [0, 0.05) is 30.6 Å². The van der Waals surface area contributed by atoms with Gasteiger partial charge in [-0.3, -0.25) is 9.59 Å². The van der Waals surface area contributed by atoms with Gasteiger partial charge in [0.25, 0.3) is 5.91 Å². The molecule has 4 N–H and O–H groups in total. The molecular weight excluding hydrogens is 236 g/mol. The Hall–Kier alpha value is -2.24. The van der Waals surface area contributed by atoms with E-state index in [0.29, 0.717) is 19.4 Å². The lowest BCUT2D eigenvalue weighted by atomic mass is 10.1. The van der Waals surface area contributed by atoms with E-state index in [0.717, 1.165) is 6.07 Å². The molecule has 1 aliphatic rings. The fraction of sp³-hybridized carbons (Fsp3) is 0.333. The van der Waals surface area contributed by atoms with Gasteiger partial charge in [-0.05, 0) is 18.6 Å². The number of carbonyl (C=O) groups is 2. The molecule has 0 aliphatic carbocycles. The van der Waals surface area contributed by atoms with E-state index < -0.39 is 0 Å². The Morgan fingerprint density at radius 2 is 1.94 bits per heavy atom. The third kappa shape index (κ3) is 2.91. The predicted molar refractivity (Wildman–Crippen MR) is 63.3 cm³/mol. The summed E-state index contributed by atoms with van der Waals surface area (Å²) in [5.41, 5.74) is 0.185. The summed E-state index contributed by atoms with van der Waals surface area (Å²) in [5.74, 6) is -0.743. The Morgan fingerprint density at radius 1 is 1.28 bits per heavy atom. The van der Waals surface area contributed by atoms with Crippen molar-refractivity contribution >= 4 is 11.8 Å². The quantitative estimate of drug-likeness (QED) is 0.598. The molecule has 96 valence electrons. The van der Waals surface area contributed by atoms with Gasteiger partial charge in [0.15, 0.2) is 0 Å². The topological polar surface area (TPSA) is 98.7 Å². The Bertz CT molecular complexity index is 457. The van der Waals surface area contributed by atoms with Crippen molar-refractivity contribution in [1.29, 1.82) is 0 Å². The van der Waals surface area contributed by atoms with Crippen LogP contribution in [0.2, 0.25) is 0 Å². The van der Waals surface area contributed by atoms with Gasteiger partial charge in [-0.2, -0.15) is 0 Å². The number of nitrogens with one attached hydrogen (secondary N) is 2. The molecule has 2 amide bonds. The molecule has 0 bridgehead atoms. The second kappa shape index (κ2) is 4.95. The molecule has 0 aromatic heterocycles. The summed E-state index contributed by atoms with van der Waals surface area (Å²) in [6.07, 6.45) is 0.971. The van der Waals surface area contributed by atoms with Crippen LogP contribution in [-0.2, 0) is 4.79 Å². The van der Waals surface area contributed by atoms with Gasteiger partial charge in [-0.25, -0.2) is 0 Å².